The van der Waals surface area contributed by atoms with E-state index < -0.39 is 0 Å². The highest BCUT2D eigenvalue weighted by Gasteiger charge is 2.21. The Hall–Kier alpha value is -2.51. The van der Waals surface area contributed by atoms with Gasteiger partial charge in [-0.05, 0) is 13.8 Å². The molecule has 1 aliphatic heterocycles. The number of rotatable bonds is 4. The van der Waals surface area contributed by atoms with Crippen LogP contribution in [0.15, 0.2) is 6.20 Å². The number of hydrogen-bond acceptors (Lipinski definition) is 6. The molecule has 110 valence electrons. The molecule has 0 bridgehead atoms. The Labute approximate surface area is 122 Å². The number of hydrogen-bond donors (Lipinski definition) is 2. The van der Waals surface area contributed by atoms with Gasteiger partial charge in [-0.25, -0.2) is 4.98 Å². The highest BCUT2D eigenvalue weighted by molar-refractivity contribution is 5.91. The van der Waals surface area contributed by atoms with Crippen LogP contribution in [0, 0.1) is 13.8 Å². The van der Waals surface area contributed by atoms with Gasteiger partial charge in [0, 0.05) is 32.3 Å². The predicted molar refractivity (Wildman–Crippen MR) is 76.1 cm³/mol. The molecule has 2 N–H and O–H groups in total. The van der Waals surface area contributed by atoms with Crippen LogP contribution in [-0.4, -0.2) is 43.7 Å². The number of anilines is 1. The number of carbonyl (C=O) groups is 1. The van der Waals surface area contributed by atoms with Crippen LogP contribution < -0.4 is 10.6 Å². The molecule has 0 unspecified atom stereocenters. The van der Waals surface area contributed by atoms with E-state index in [0.29, 0.717) is 31.9 Å². The Morgan fingerprint density at radius 2 is 2.24 bits per heavy atom. The first-order chi connectivity index (χ1) is 10.1. The van der Waals surface area contributed by atoms with Crippen LogP contribution in [0.5, 0.6) is 0 Å². The van der Waals surface area contributed by atoms with E-state index in [2.05, 4.69) is 30.8 Å². The summed E-state index contributed by atoms with van der Waals surface area (Å²) in [5.41, 5.74) is 1.74. The van der Waals surface area contributed by atoms with Crippen molar-refractivity contribution < 1.29 is 4.79 Å². The molecule has 21 heavy (non-hydrogen) atoms. The molecular formula is C13H17N7O. The van der Waals surface area contributed by atoms with Crippen LogP contribution in [0.3, 0.4) is 0 Å². The first kappa shape index (κ1) is 13.5. The van der Waals surface area contributed by atoms with Crippen molar-refractivity contribution >= 4 is 11.7 Å². The fourth-order valence-corrected chi connectivity index (χ4v) is 2.28. The Kier molecular flexibility index (Phi) is 3.51. The van der Waals surface area contributed by atoms with E-state index >= 15 is 0 Å². The van der Waals surface area contributed by atoms with E-state index in [1.807, 2.05) is 18.4 Å². The van der Waals surface area contributed by atoms with Crippen LogP contribution in [0.4, 0.5) is 5.82 Å². The van der Waals surface area contributed by atoms with Crippen LogP contribution in [0.25, 0.3) is 0 Å². The lowest BCUT2D eigenvalue weighted by atomic mass is 10.3. The molecule has 2 aromatic heterocycles. The van der Waals surface area contributed by atoms with Crippen molar-refractivity contribution in [1.29, 1.82) is 0 Å². The van der Waals surface area contributed by atoms with Crippen molar-refractivity contribution in [2.45, 2.75) is 26.8 Å². The van der Waals surface area contributed by atoms with Crippen molar-refractivity contribution in [1.82, 2.24) is 30.0 Å². The van der Waals surface area contributed by atoms with Crippen molar-refractivity contribution in [3.8, 4) is 0 Å². The highest BCUT2D eigenvalue weighted by atomic mass is 16.2. The molecular weight excluding hydrogens is 270 g/mol. The van der Waals surface area contributed by atoms with Gasteiger partial charge in [0.25, 0.3) is 5.91 Å². The van der Waals surface area contributed by atoms with E-state index in [1.165, 1.54) is 0 Å². The Morgan fingerprint density at radius 1 is 1.38 bits per heavy atom. The largest absolute Gasteiger partial charge is 0.368 e. The van der Waals surface area contributed by atoms with Gasteiger partial charge < -0.3 is 15.2 Å². The van der Waals surface area contributed by atoms with Gasteiger partial charge in [-0.15, -0.1) is 10.2 Å². The number of aromatic nitrogens is 5. The minimum absolute atomic E-state index is 0.159. The maximum absolute atomic E-state index is 11.6. The molecule has 3 rings (SSSR count). The summed E-state index contributed by atoms with van der Waals surface area (Å²) in [4.78, 5) is 20.3. The molecule has 0 atom stereocenters. The molecule has 1 aliphatic rings. The summed E-state index contributed by atoms with van der Waals surface area (Å²) in [5.74, 6) is 1.83. The number of fused-ring (bicyclic) bond motifs is 1. The van der Waals surface area contributed by atoms with Crippen molar-refractivity contribution in [3.05, 3.63) is 29.2 Å². The minimum Gasteiger partial charge on any atom is -0.368 e. The molecule has 0 saturated heterocycles. The number of nitrogens with one attached hydrogen (secondary N) is 2. The molecule has 0 aromatic carbocycles. The molecule has 3 heterocycles. The van der Waals surface area contributed by atoms with Gasteiger partial charge in [-0.3, -0.25) is 9.78 Å². The zero-order valence-corrected chi connectivity index (χ0v) is 12.1. The third-order valence-corrected chi connectivity index (χ3v) is 3.37. The average Bonchev–Trinajstić information content (AvgIpc) is 2.88. The van der Waals surface area contributed by atoms with Crippen LogP contribution in [0.1, 0.15) is 27.8 Å². The lowest BCUT2D eigenvalue weighted by molar-refractivity contribution is 0.0921. The molecule has 8 heteroatoms. The normalized spacial score (nSPS) is 13.7. The first-order valence-corrected chi connectivity index (χ1v) is 6.89. The van der Waals surface area contributed by atoms with Crippen LogP contribution in [0.2, 0.25) is 0 Å². The summed E-state index contributed by atoms with van der Waals surface area (Å²) in [6.07, 6.45) is 2.42. The Balaban J connectivity index is 1.66. The minimum atomic E-state index is -0.159. The monoisotopic (exact) mass is 287 g/mol. The number of nitrogens with zero attached hydrogens (tertiary/aromatic N) is 5. The second-order valence-corrected chi connectivity index (χ2v) is 4.97. The van der Waals surface area contributed by atoms with E-state index in [1.54, 1.807) is 6.20 Å². The van der Waals surface area contributed by atoms with Crippen molar-refractivity contribution in [2.75, 3.05) is 18.4 Å². The quantitative estimate of drug-likeness (QED) is 0.826. The van der Waals surface area contributed by atoms with E-state index in [9.17, 15) is 4.79 Å². The SMILES string of the molecule is Cc1cnc(C)c(NCCc2nnc3n2CCNC3=O)n1. The van der Waals surface area contributed by atoms with Gasteiger partial charge in [0.05, 0.1) is 11.4 Å². The predicted octanol–water partition coefficient (Wildman–Crippen LogP) is 0.0829. The summed E-state index contributed by atoms with van der Waals surface area (Å²) in [6.45, 7) is 5.82. The molecule has 2 aromatic rings. The second kappa shape index (κ2) is 5.47. The van der Waals surface area contributed by atoms with Gasteiger partial charge in [0.15, 0.2) is 0 Å². The van der Waals surface area contributed by atoms with Gasteiger partial charge in [-0.2, -0.15) is 0 Å². The maximum atomic E-state index is 11.6. The fourth-order valence-electron chi connectivity index (χ4n) is 2.28. The number of amides is 1. The fraction of sp³-hybridized carbons (Fsp3) is 0.462. The van der Waals surface area contributed by atoms with Crippen LogP contribution in [-0.2, 0) is 13.0 Å². The smallest absolute Gasteiger partial charge is 0.289 e. The second-order valence-electron chi connectivity index (χ2n) is 4.97. The van der Waals surface area contributed by atoms with Gasteiger partial charge in [0.1, 0.15) is 11.6 Å². The zero-order valence-electron chi connectivity index (χ0n) is 12.1. The average molecular weight is 287 g/mol. The van der Waals surface area contributed by atoms with Gasteiger partial charge >= 0.3 is 0 Å². The van der Waals surface area contributed by atoms with Crippen molar-refractivity contribution in [3.63, 3.8) is 0 Å². The molecule has 0 saturated carbocycles. The Morgan fingerprint density at radius 3 is 3.10 bits per heavy atom. The van der Waals surface area contributed by atoms with Crippen LogP contribution >= 0.6 is 0 Å². The van der Waals surface area contributed by atoms with E-state index in [-0.39, 0.29) is 5.91 Å². The lowest BCUT2D eigenvalue weighted by Crippen LogP contribution is -2.36. The lowest BCUT2D eigenvalue weighted by Gasteiger charge is -2.15. The third-order valence-electron chi connectivity index (χ3n) is 3.37. The van der Waals surface area contributed by atoms with Crippen molar-refractivity contribution in [2.24, 2.45) is 0 Å². The summed E-state index contributed by atoms with van der Waals surface area (Å²) >= 11 is 0. The Bertz CT molecular complexity index is 679. The maximum Gasteiger partial charge on any atom is 0.289 e. The summed E-state index contributed by atoms with van der Waals surface area (Å²) < 4.78 is 1.87. The summed E-state index contributed by atoms with van der Waals surface area (Å²) in [5, 5.41) is 14.0. The summed E-state index contributed by atoms with van der Waals surface area (Å²) in [6, 6.07) is 0. The molecule has 1 amide bonds. The standard InChI is InChI=1S/C13H17N7O/c1-8-7-16-9(2)11(17-8)14-4-3-10-18-19-12-13(21)15-5-6-20(10)12/h7H,3-6H2,1-2H3,(H,14,17)(H,15,21). The zero-order chi connectivity index (χ0) is 14.8. The third kappa shape index (κ3) is 2.69. The highest BCUT2D eigenvalue weighted by Crippen LogP contribution is 2.10. The number of carbonyl (C=O) groups excluding carboxylic acids is 1. The molecule has 0 aliphatic carbocycles. The van der Waals surface area contributed by atoms with E-state index in [0.717, 1.165) is 23.0 Å². The summed E-state index contributed by atoms with van der Waals surface area (Å²) in [7, 11) is 0. The topological polar surface area (TPSA) is 97.6 Å². The number of aryl methyl sites for hydroxylation is 2. The molecule has 0 spiro atoms. The first-order valence-electron chi connectivity index (χ1n) is 6.89. The van der Waals surface area contributed by atoms with E-state index in [4.69, 9.17) is 0 Å². The van der Waals surface area contributed by atoms with Gasteiger partial charge in [-0.1, -0.05) is 0 Å². The molecule has 0 radical (unpaired) electrons. The van der Waals surface area contributed by atoms with Gasteiger partial charge in [0.2, 0.25) is 5.82 Å². The molecule has 0 fully saturated rings. The molecule has 8 nitrogen and oxygen atoms in total.